The predicted octanol–water partition coefficient (Wildman–Crippen LogP) is 19.2. The van der Waals surface area contributed by atoms with Gasteiger partial charge >= 0.3 is 0 Å². The molecule has 0 aliphatic rings. The number of hydrogen-bond donors (Lipinski definition) is 0. The van der Waals surface area contributed by atoms with E-state index in [0.717, 1.165) is 33.6 Å². The molecule has 322 valence electrons. The van der Waals surface area contributed by atoms with Crippen molar-refractivity contribution < 1.29 is 0 Å². The van der Waals surface area contributed by atoms with Crippen LogP contribution in [0, 0.1) is 0 Å². The van der Waals surface area contributed by atoms with Crippen molar-refractivity contribution in [2.24, 2.45) is 0 Å². The Labute approximate surface area is 410 Å². The normalized spacial score (nSPS) is 11.8. The van der Waals surface area contributed by atoms with Crippen LogP contribution in [0.5, 0.6) is 0 Å². The molecule has 0 saturated carbocycles. The second-order valence-corrected chi connectivity index (χ2v) is 20.8. The van der Waals surface area contributed by atoms with Crippen LogP contribution < -0.4 is 0 Å². The number of hydrogen-bond acceptors (Lipinski definition) is 5. The summed E-state index contributed by atoms with van der Waals surface area (Å²) in [6.45, 7) is 0. The summed E-state index contributed by atoms with van der Waals surface area (Å²) in [5.41, 5.74) is 14.5. The van der Waals surface area contributed by atoms with Gasteiger partial charge in [-0.1, -0.05) is 206 Å². The molecular weight excluding hydrogens is 893 g/mol. The van der Waals surface area contributed by atoms with Gasteiger partial charge in [-0.05, 0) is 68.8 Å². The van der Waals surface area contributed by atoms with Gasteiger partial charge in [0.05, 0.1) is 11.4 Å². The van der Waals surface area contributed by atoms with Crippen LogP contribution in [0.1, 0.15) is 0 Å². The number of thiophene rings is 3. The van der Waals surface area contributed by atoms with Crippen molar-refractivity contribution in [1.82, 2.24) is 9.97 Å². The third-order valence-electron chi connectivity index (χ3n) is 13.6. The Morgan fingerprint density at radius 2 is 0.522 bits per heavy atom. The van der Waals surface area contributed by atoms with Gasteiger partial charge in [0.15, 0.2) is 5.82 Å². The Kier molecular flexibility index (Phi) is 9.47. The van der Waals surface area contributed by atoms with Crippen LogP contribution in [-0.2, 0) is 0 Å². The van der Waals surface area contributed by atoms with E-state index >= 15 is 0 Å². The van der Waals surface area contributed by atoms with E-state index in [-0.39, 0.29) is 0 Å². The molecule has 0 spiro atoms. The summed E-state index contributed by atoms with van der Waals surface area (Å²) < 4.78 is 7.90. The second kappa shape index (κ2) is 16.3. The van der Waals surface area contributed by atoms with Gasteiger partial charge in [0.1, 0.15) is 0 Å². The van der Waals surface area contributed by atoms with Crippen LogP contribution in [0.3, 0.4) is 0 Å². The third-order valence-corrected chi connectivity index (χ3v) is 17.3. The van der Waals surface area contributed by atoms with E-state index in [0.29, 0.717) is 5.82 Å². The van der Waals surface area contributed by atoms with E-state index in [2.05, 4.69) is 231 Å². The molecule has 0 bridgehead atoms. The van der Waals surface area contributed by atoms with Crippen molar-refractivity contribution in [3.63, 3.8) is 0 Å². The quantitative estimate of drug-likeness (QED) is 0.159. The molecule has 14 rings (SSSR count). The maximum Gasteiger partial charge on any atom is 0.160 e. The van der Waals surface area contributed by atoms with Crippen molar-refractivity contribution in [3.8, 4) is 78.4 Å². The predicted molar refractivity (Wildman–Crippen MR) is 299 cm³/mol. The fourth-order valence-electron chi connectivity index (χ4n) is 10.1. The first-order valence-corrected chi connectivity index (χ1v) is 25.6. The molecule has 4 aromatic heterocycles. The first-order valence-electron chi connectivity index (χ1n) is 23.2. The Bertz CT molecular complexity index is 4100. The first-order chi connectivity index (χ1) is 34.2. The summed E-state index contributed by atoms with van der Waals surface area (Å²) in [6, 6.07) is 83.7. The summed E-state index contributed by atoms with van der Waals surface area (Å²) in [7, 11) is 0. The van der Waals surface area contributed by atoms with Crippen molar-refractivity contribution in [1.29, 1.82) is 0 Å². The lowest BCUT2D eigenvalue weighted by atomic mass is 9.97. The van der Waals surface area contributed by atoms with Gasteiger partial charge in [-0.3, -0.25) is 0 Å². The fourth-order valence-corrected chi connectivity index (χ4v) is 13.8. The summed E-state index contributed by atoms with van der Waals surface area (Å²) in [5.74, 6) is 0.696. The average molecular weight is 931 g/mol. The largest absolute Gasteiger partial charge is 0.228 e. The third kappa shape index (κ3) is 6.89. The van der Waals surface area contributed by atoms with Crippen LogP contribution in [0.4, 0.5) is 0 Å². The zero-order chi connectivity index (χ0) is 45.4. The van der Waals surface area contributed by atoms with Gasteiger partial charge in [-0.15, -0.1) is 34.0 Å². The van der Waals surface area contributed by atoms with Crippen molar-refractivity contribution in [2.75, 3.05) is 0 Å². The lowest BCUT2D eigenvalue weighted by Gasteiger charge is -2.12. The minimum absolute atomic E-state index is 0.696. The molecule has 0 saturated heterocycles. The second-order valence-electron chi connectivity index (χ2n) is 17.6. The highest BCUT2D eigenvalue weighted by Gasteiger charge is 2.16. The number of aromatic nitrogens is 2. The summed E-state index contributed by atoms with van der Waals surface area (Å²) in [5, 5.41) is 7.86. The fraction of sp³-hybridized carbons (Fsp3) is 0. The minimum atomic E-state index is 0.696. The lowest BCUT2D eigenvalue weighted by Crippen LogP contribution is -1.96. The summed E-state index contributed by atoms with van der Waals surface area (Å²) >= 11 is 5.60. The molecule has 4 heterocycles. The van der Waals surface area contributed by atoms with Gasteiger partial charge in [0.2, 0.25) is 0 Å². The Hall–Kier alpha value is -8.06. The van der Waals surface area contributed by atoms with Crippen molar-refractivity contribution in [2.45, 2.75) is 0 Å². The summed E-state index contributed by atoms with van der Waals surface area (Å²) in [4.78, 5) is 10.6. The Morgan fingerprint density at radius 3 is 0.884 bits per heavy atom. The highest BCUT2D eigenvalue weighted by atomic mass is 32.1. The molecular formula is C64H38N2S3. The molecule has 14 aromatic rings. The molecule has 0 unspecified atom stereocenters. The number of benzene rings is 10. The SMILES string of the molecule is c1ccc2c(c1)sc1c(-c3ccc(-c4ccc(-c5cc(-c6ccc(-c7cccc8c7sc7ccccc78)cc6)nc(-c6ccc(-c7cccc8c7sc7ccccc78)cc6)n5)cc4)cc3)cccc12. The number of rotatable bonds is 7. The van der Waals surface area contributed by atoms with E-state index in [1.807, 2.05) is 34.0 Å². The van der Waals surface area contributed by atoms with E-state index in [9.17, 15) is 0 Å². The van der Waals surface area contributed by atoms with Gasteiger partial charge in [-0.25, -0.2) is 9.97 Å². The molecule has 0 fully saturated rings. The zero-order valence-electron chi connectivity index (χ0n) is 37.1. The molecule has 0 amide bonds. The van der Waals surface area contributed by atoms with Crippen LogP contribution in [-0.4, -0.2) is 9.97 Å². The average Bonchev–Trinajstić information content (AvgIpc) is 4.13. The topological polar surface area (TPSA) is 25.8 Å². The minimum Gasteiger partial charge on any atom is -0.228 e. The smallest absolute Gasteiger partial charge is 0.160 e. The molecule has 0 aliphatic carbocycles. The van der Waals surface area contributed by atoms with E-state index < -0.39 is 0 Å². The van der Waals surface area contributed by atoms with E-state index in [4.69, 9.17) is 9.97 Å². The number of nitrogens with zero attached hydrogens (tertiary/aromatic N) is 2. The van der Waals surface area contributed by atoms with Crippen LogP contribution in [0.25, 0.3) is 139 Å². The maximum atomic E-state index is 5.28. The maximum absolute atomic E-state index is 5.28. The first kappa shape index (κ1) is 40.0. The molecule has 0 radical (unpaired) electrons. The van der Waals surface area contributed by atoms with Gasteiger partial charge in [0.25, 0.3) is 0 Å². The van der Waals surface area contributed by atoms with E-state index in [1.165, 1.54) is 99.5 Å². The monoisotopic (exact) mass is 930 g/mol. The van der Waals surface area contributed by atoms with Crippen LogP contribution in [0.15, 0.2) is 231 Å². The highest BCUT2D eigenvalue weighted by Crippen LogP contribution is 2.43. The summed E-state index contributed by atoms with van der Waals surface area (Å²) in [6.07, 6.45) is 0. The molecule has 10 aromatic carbocycles. The zero-order valence-corrected chi connectivity index (χ0v) is 39.5. The standard InChI is InChI=1S/C64H38N2S3/c1-4-19-58-50(10-1)53-16-7-13-47(61(53)67-58)41-26-22-39(23-27-41)40-24-32-44(33-25-40)56-38-57(45-34-28-42(29-35-45)48-14-8-17-54-51-11-2-5-20-59(51)68-62(48)54)66-64(65-56)46-36-30-43(31-37-46)49-15-9-18-55-52-12-3-6-21-60(52)69-63(49)55/h1-38H. The van der Waals surface area contributed by atoms with Gasteiger partial charge in [-0.2, -0.15) is 0 Å². The van der Waals surface area contributed by atoms with Gasteiger partial charge in [0, 0.05) is 77.2 Å². The molecule has 69 heavy (non-hydrogen) atoms. The van der Waals surface area contributed by atoms with Crippen molar-refractivity contribution in [3.05, 3.63) is 231 Å². The molecule has 5 heteroatoms. The van der Waals surface area contributed by atoms with Gasteiger partial charge < -0.3 is 0 Å². The lowest BCUT2D eigenvalue weighted by molar-refractivity contribution is 1.18. The Morgan fingerprint density at radius 1 is 0.232 bits per heavy atom. The Balaban J connectivity index is 0.820. The molecule has 2 nitrogen and oxygen atoms in total. The van der Waals surface area contributed by atoms with Crippen molar-refractivity contribution >= 4 is 94.5 Å². The van der Waals surface area contributed by atoms with Crippen LogP contribution in [0.2, 0.25) is 0 Å². The molecule has 0 aliphatic heterocycles. The number of fused-ring (bicyclic) bond motifs is 9. The molecule has 0 N–H and O–H groups in total. The van der Waals surface area contributed by atoms with Crippen LogP contribution >= 0.6 is 34.0 Å². The van der Waals surface area contributed by atoms with E-state index in [1.54, 1.807) is 0 Å². The molecule has 0 atom stereocenters. The highest BCUT2D eigenvalue weighted by molar-refractivity contribution is 7.27.